The number of carbonyl (C=O) groups excluding carboxylic acids is 1. The summed E-state index contributed by atoms with van der Waals surface area (Å²) >= 11 is 1.32. The minimum absolute atomic E-state index is 0.288. The zero-order valence-electron chi connectivity index (χ0n) is 18.8. The van der Waals surface area contributed by atoms with Gasteiger partial charge in [-0.3, -0.25) is 4.79 Å². The first-order valence-electron chi connectivity index (χ1n) is 11.3. The fraction of sp³-hybridized carbons (Fsp3) is 0.360. The van der Waals surface area contributed by atoms with Gasteiger partial charge in [0.15, 0.2) is 5.17 Å². The second-order valence-corrected chi connectivity index (χ2v) is 9.08. The second kappa shape index (κ2) is 10.5. The Bertz CT molecular complexity index is 1090. The topological polar surface area (TPSA) is 45.1 Å². The van der Waals surface area contributed by atoms with Crippen molar-refractivity contribution in [2.45, 2.75) is 25.9 Å². The van der Waals surface area contributed by atoms with Crippen LogP contribution >= 0.6 is 11.8 Å². The van der Waals surface area contributed by atoms with E-state index in [1.165, 1.54) is 23.9 Å². The number of para-hydroxylation sites is 1. The Morgan fingerprint density at radius 1 is 1.06 bits per heavy atom. The lowest BCUT2D eigenvalue weighted by molar-refractivity contribution is -0.137. The first-order valence-corrected chi connectivity index (χ1v) is 12.1. The summed E-state index contributed by atoms with van der Waals surface area (Å²) in [4.78, 5) is 21.3. The maximum atomic E-state index is 13.0. The number of piperazine rings is 1. The number of hydrogen-bond acceptors (Lipinski definition) is 5. The number of ether oxygens (including phenoxy) is 1. The van der Waals surface area contributed by atoms with Crippen molar-refractivity contribution < 1.29 is 22.7 Å². The van der Waals surface area contributed by atoms with Crippen molar-refractivity contribution in [2.75, 3.05) is 37.7 Å². The first-order chi connectivity index (χ1) is 16.3. The van der Waals surface area contributed by atoms with E-state index in [4.69, 9.17) is 4.74 Å². The number of benzene rings is 2. The van der Waals surface area contributed by atoms with Crippen molar-refractivity contribution >= 4 is 34.6 Å². The van der Waals surface area contributed by atoms with E-state index in [1.54, 1.807) is 6.07 Å². The van der Waals surface area contributed by atoms with E-state index in [2.05, 4.69) is 11.9 Å². The Hall–Kier alpha value is -2.94. The molecule has 2 aromatic carbocycles. The van der Waals surface area contributed by atoms with Crippen LogP contribution in [0, 0.1) is 0 Å². The Morgan fingerprint density at radius 3 is 2.53 bits per heavy atom. The van der Waals surface area contributed by atoms with E-state index in [9.17, 15) is 18.0 Å². The van der Waals surface area contributed by atoms with Gasteiger partial charge in [0.2, 0.25) is 0 Å². The molecular formula is C25H26F3N3O2S. The van der Waals surface area contributed by atoms with Crippen molar-refractivity contribution in [2.24, 2.45) is 4.99 Å². The highest BCUT2D eigenvalue weighted by molar-refractivity contribution is 8.18. The number of carbonyl (C=O) groups is 1. The molecule has 2 aromatic rings. The van der Waals surface area contributed by atoms with Crippen molar-refractivity contribution in [3.63, 3.8) is 0 Å². The maximum absolute atomic E-state index is 13.0. The summed E-state index contributed by atoms with van der Waals surface area (Å²) in [7, 11) is 0. The van der Waals surface area contributed by atoms with Crippen LogP contribution in [0.25, 0.3) is 6.08 Å². The smallest absolute Gasteiger partial charge is 0.416 e. The molecule has 2 aliphatic rings. The molecule has 0 unspecified atom stereocenters. The average Bonchev–Trinajstić information content (AvgIpc) is 3.20. The van der Waals surface area contributed by atoms with E-state index in [1.807, 2.05) is 40.1 Å². The predicted octanol–water partition coefficient (Wildman–Crippen LogP) is 5.68. The Labute approximate surface area is 201 Å². The van der Waals surface area contributed by atoms with Gasteiger partial charge in [0, 0.05) is 37.4 Å². The largest absolute Gasteiger partial charge is 0.493 e. The van der Waals surface area contributed by atoms with Crippen LogP contribution in [0.3, 0.4) is 0 Å². The standard InChI is InChI=1S/C25H26F3N3O2S/c1-2-3-15-33-21-10-5-4-7-18(21)16-22-23(32)29-24(34-22)31-13-11-30(12-14-31)20-9-6-8-19(17-20)25(26,27)28/h4-10,16-17H,2-3,11-15H2,1H3/b22-16-. The molecule has 4 rings (SSSR count). The summed E-state index contributed by atoms with van der Waals surface area (Å²) in [6, 6.07) is 13.0. The molecular weight excluding hydrogens is 463 g/mol. The zero-order valence-corrected chi connectivity index (χ0v) is 19.7. The summed E-state index contributed by atoms with van der Waals surface area (Å²) in [5, 5.41) is 0.629. The van der Waals surface area contributed by atoms with Crippen LogP contribution in [0.5, 0.6) is 5.75 Å². The van der Waals surface area contributed by atoms with Crippen LogP contribution in [0.2, 0.25) is 0 Å². The minimum atomic E-state index is -4.37. The molecule has 1 amide bonds. The second-order valence-electron chi connectivity index (χ2n) is 8.07. The van der Waals surface area contributed by atoms with Gasteiger partial charge in [-0.15, -0.1) is 0 Å². The van der Waals surface area contributed by atoms with Gasteiger partial charge in [0.25, 0.3) is 5.91 Å². The van der Waals surface area contributed by atoms with Gasteiger partial charge in [-0.1, -0.05) is 37.6 Å². The number of thioether (sulfide) groups is 1. The third kappa shape index (κ3) is 5.75. The number of unbranched alkanes of at least 4 members (excludes halogenated alkanes) is 1. The van der Waals surface area contributed by atoms with E-state index >= 15 is 0 Å². The molecule has 0 aliphatic carbocycles. The lowest BCUT2D eigenvalue weighted by Crippen LogP contribution is -2.47. The molecule has 1 saturated heterocycles. The zero-order chi connectivity index (χ0) is 24.1. The van der Waals surface area contributed by atoms with E-state index in [0.29, 0.717) is 48.5 Å². The van der Waals surface area contributed by atoms with Crippen LogP contribution < -0.4 is 9.64 Å². The SMILES string of the molecule is CCCCOc1ccccc1/C=C1\SC(N2CCN(c3cccc(C(F)(F)F)c3)CC2)=NC1=O. The monoisotopic (exact) mass is 489 g/mol. The van der Waals surface area contributed by atoms with Gasteiger partial charge >= 0.3 is 6.18 Å². The average molecular weight is 490 g/mol. The molecule has 0 radical (unpaired) electrons. The normalized spacial score (nSPS) is 17.9. The van der Waals surface area contributed by atoms with E-state index in [0.717, 1.165) is 30.2 Å². The third-order valence-corrected chi connectivity index (χ3v) is 6.70. The fourth-order valence-corrected chi connectivity index (χ4v) is 4.72. The number of alkyl halides is 3. The van der Waals surface area contributed by atoms with Gasteiger partial charge in [-0.05, 0) is 48.5 Å². The van der Waals surface area contributed by atoms with Crippen LogP contribution in [-0.4, -0.2) is 48.8 Å². The molecule has 9 heteroatoms. The summed E-state index contributed by atoms with van der Waals surface area (Å²) in [6.07, 6.45) is -0.562. The van der Waals surface area contributed by atoms with Crippen LogP contribution in [-0.2, 0) is 11.0 Å². The third-order valence-electron chi connectivity index (χ3n) is 5.66. The number of halogens is 3. The molecule has 34 heavy (non-hydrogen) atoms. The number of aliphatic imine (C=N–C) groups is 1. The van der Waals surface area contributed by atoms with Gasteiger partial charge in [-0.25, -0.2) is 0 Å². The number of anilines is 1. The Morgan fingerprint density at radius 2 is 1.79 bits per heavy atom. The van der Waals surface area contributed by atoms with Gasteiger partial charge < -0.3 is 14.5 Å². The van der Waals surface area contributed by atoms with E-state index < -0.39 is 11.7 Å². The number of amides is 1. The highest BCUT2D eigenvalue weighted by atomic mass is 32.2. The highest BCUT2D eigenvalue weighted by Gasteiger charge is 2.32. The number of hydrogen-bond donors (Lipinski definition) is 0. The van der Waals surface area contributed by atoms with Crippen molar-refractivity contribution in [1.29, 1.82) is 0 Å². The van der Waals surface area contributed by atoms with Gasteiger partial charge in [0.05, 0.1) is 17.1 Å². The molecule has 1 fully saturated rings. The summed E-state index contributed by atoms with van der Waals surface area (Å²) in [5.74, 6) is 0.448. The molecule has 0 N–H and O–H groups in total. The number of amidine groups is 1. The molecule has 0 atom stereocenters. The molecule has 2 heterocycles. The molecule has 0 aromatic heterocycles. The Kier molecular flexibility index (Phi) is 7.50. The molecule has 0 saturated carbocycles. The van der Waals surface area contributed by atoms with Gasteiger partial charge in [-0.2, -0.15) is 18.2 Å². The molecule has 0 spiro atoms. The van der Waals surface area contributed by atoms with Gasteiger partial charge in [0.1, 0.15) is 5.75 Å². The molecule has 0 bridgehead atoms. The van der Waals surface area contributed by atoms with Crippen molar-refractivity contribution in [1.82, 2.24) is 4.90 Å². The van der Waals surface area contributed by atoms with Crippen molar-refractivity contribution in [3.05, 3.63) is 64.6 Å². The van der Waals surface area contributed by atoms with E-state index in [-0.39, 0.29) is 5.91 Å². The summed E-state index contributed by atoms with van der Waals surface area (Å²) in [5.41, 5.74) is 0.731. The minimum Gasteiger partial charge on any atom is -0.493 e. The maximum Gasteiger partial charge on any atom is 0.416 e. The fourth-order valence-electron chi connectivity index (χ4n) is 3.77. The Balaban J connectivity index is 1.39. The first kappa shape index (κ1) is 24.2. The molecule has 5 nitrogen and oxygen atoms in total. The van der Waals surface area contributed by atoms with Crippen molar-refractivity contribution in [3.8, 4) is 5.75 Å². The van der Waals surface area contributed by atoms with Crippen LogP contribution in [0.4, 0.5) is 18.9 Å². The summed E-state index contributed by atoms with van der Waals surface area (Å²) in [6.45, 7) is 4.95. The predicted molar refractivity (Wildman–Crippen MR) is 130 cm³/mol. The van der Waals surface area contributed by atoms with Crippen LogP contribution in [0.1, 0.15) is 30.9 Å². The molecule has 2 aliphatic heterocycles. The number of rotatable bonds is 6. The summed E-state index contributed by atoms with van der Waals surface area (Å²) < 4.78 is 45.0. The van der Waals surface area contributed by atoms with Crippen LogP contribution in [0.15, 0.2) is 58.4 Å². The number of nitrogens with zero attached hydrogens (tertiary/aromatic N) is 3. The lowest BCUT2D eigenvalue weighted by atomic mass is 10.1. The lowest BCUT2D eigenvalue weighted by Gasteiger charge is -2.36. The quantitative estimate of drug-likeness (QED) is 0.386. The molecule has 180 valence electrons. The highest BCUT2D eigenvalue weighted by Crippen LogP contribution is 2.34.